The van der Waals surface area contributed by atoms with Crippen molar-refractivity contribution in [3.63, 3.8) is 0 Å². The molecule has 0 spiro atoms. The number of rotatable bonds is 4. The molecule has 1 amide bonds. The lowest BCUT2D eigenvalue weighted by Gasteiger charge is -2.03. The molecule has 3 rings (SSSR count). The number of carbonyl (C=O) groups excluding carboxylic acids is 1. The minimum absolute atomic E-state index is 0.306. The lowest BCUT2D eigenvalue weighted by atomic mass is 10.0. The Hall–Kier alpha value is -3.60. The van der Waals surface area contributed by atoms with Crippen molar-refractivity contribution < 1.29 is 4.79 Å². The predicted octanol–water partition coefficient (Wildman–Crippen LogP) is 3.28. The predicted molar refractivity (Wildman–Crippen MR) is 102 cm³/mol. The van der Waals surface area contributed by atoms with Crippen molar-refractivity contribution in [1.82, 2.24) is 5.43 Å². The molecule has 0 bridgehead atoms. The van der Waals surface area contributed by atoms with Crippen LogP contribution in [0.3, 0.4) is 0 Å². The SMILES string of the molecule is Nc1cccc(C(=O)N/N=C/c2ccc(-c3cccc(N)c3)cc2)c1. The number of hydrogen-bond acceptors (Lipinski definition) is 4. The van der Waals surface area contributed by atoms with Crippen LogP contribution in [0.2, 0.25) is 0 Å². The summed E-state index contributed by atoms with van der Waals surface area (Å²) >= 11 is 0. The fourth-order valence-corrected chi connectivity index (χ4v) is 2.39. The number of carbonyl (C=O) groups is 1. The molecule has 0 aliphatic carbocycles. The third-order valence-electron chi connectivity index (χ3n) is 3.66. The van der Waals surface area contributed by atoms with E-state index in [0.29, 0.717) is 11.3 Å². The van der Waals surface area contributed by atoms with E-state index in [1.54, 1.807) is 30.5 Å². The Balaban J connectivity index is 1.65. The highest BCUT2D eigenvalue weighted by Gasteiger charge is 2.03. The Morgan fingerprint density at radius 2 is 1.52 bits per heavy atom. The van der Waals surface area contributed by atoms with Crippen LogP contribution in [0.1, 0.15) is 15.9 Å². The molecule has 0 aromatic heterocycles. The molecule has 5 heteroatoms. The van der Waals surface area contributed by atoms with Gasteiger partial charge in [0.25, 0.3) is 5.91 Å². The first-order valence-corrected chi connectivity index (χ1v) is 7.77. The van der Waals surface area contributed by atoms with E-state index in [1.165, 1.54) is 0 Å². The van der Waals surface area contributed by atoms with Gasteiger partial charge in [-0.05, 0) is 47.0 Å². The van der Waals surface area contributed by atoms with Crippen LogP contribution >= 0.6 is 0 Å². The lowest BCUT2D eigenvalue weighted by molar-refractivity contribution is 0.0955. The number of hydrazone groups is 1. The average Bonchev–Trinajstić information content (AvgIpc) is 2.62. The van der Waals surface area contributed by atoms with Gasteiger partial charge in [-0.2, -0.15) is 5.10 Å². The van der Waals surface area contributed by atoms with E-state index in [4.69, 9.17) is 11.5 Å². The summed E-state index contributed by atoms with van der Waals surface area (Å²) in [4.78, 5) is 12.0. The molecule has 0 radical (unpaired) electrons. The van der Waals surface area contributed by atoms with Crippen molar-refractivity contribution >= 4 is 23.5 Å². The smallest absolute Gasteiger partial charge is 0.271 e. The average molecular weight is 330 g/mol. The van der Waals surface area contributed by atoms with Crippen molar-refractivity contribution in [1.29, 1.82) is 0 Å². The maximum atomic E-state index is 12.0. The van der Waals surface area contributed by atoms with Gasteiger partial charge in [0, 0.05) is 16.9 Å². The highest BCUT2D eigenvalue weighted by atomic mass is 16.2. The first kappa shape index (κ1) is 16.3. The number of anilines is 2. The molecule has 3 aromatic carbocycles. The summed E-state index contributed by atoms with van der Waals surface area (Å²) in [6.07, 6.45) is 1.59. The molecule has 0 aliphatic rings. The normalized spacial score (nSPS) is 10.7. The number of amides is 1. The molecule has 3 aromatic rings. The van der Waals surface area contributed by atoms with E-state index in [0.717, 1.165) is 22.4 Å². The van der Waals surface area contributed by atoms with Gasteiger partial charge in [0.1, 0.15) is 0 Å². The van der Waals surface area contributed by atoms with Gasteiger partial charge >= 0.3 is 0 Å². The van der Waals surface area contributed by atoms with Crippen molar-refractivity contribution in [2.75, 3.05) is 11.5 Å². The maximum Gasteiger partial charge on any atom is 0.271 e. The van der Waals surface area contributed by atoms with Gasteiger partial charge in [0.05, 0.1) is 6.21 Å². The highest BCUT2D eigenvalue weighted by Crippen LogP contribution is 2.21. The second-order valence-corrected chi connectivity index (χ2v) is 5.57. The lowest BCUT2D eigenvalue weighted by Crippen LogP contribution is -2.17. The Bertz CT molecular complexity index is 917. The van der Waals surface area contributed by atoms with Crippen LogP contribution < -0.4 is 16.9 Å². The van der Waals surface area contributed by atoms with Gasteiger partial charge in [0.2, 0.25) is 0 Å². The summed E-state index contributed by atoms with van der Waals surface area (Å²) in [6.45, 7) is 0. The van der Waals surface area contributed by atoms with Gasteiger partial charge < -0.3 is 11.5 Å². The summed E-state index contributed by atoms with van der Waals surface area (Å²) in [5, 5.41) is 3.98. The van der Waals surface area contributed by atoms with Crippen LogP contribution in [0.5, 0.6) is 0 Å². The van der Waals surface area contributed by atoms with Crippen molar-refractivity contribution in [3.8, 4) is 11.1 Å². The summed E-state index contributed by atoms with van der Waals surface area (Å²) in [7, 11) is 0. The summed E-state index contributed by atoms with van der Waals surface area (Å²) in [5.74, 6) is -0.306. The Morgan fingerprint density at radius 3 is 2.20 bits per heavy atom. The zero-order chi connectivity index (χ0) is 17.6. The van der Waals surface area contributed by atoms with Gasteiger partial charge in [-0.15, -0.1) is 0 Å². The minimum atomic E-state index is -0.306. The topological polar surface area (TPSA) is 93.5 Å². The summed E-state index contributed by atoms with van der Waals surface area (Å²) in [6, 6.07) is 22.3. The van der Waals surface area contributed by atoms with Gasteiger partial charge in [-0.1, -0.05) is 42.5 Å². The minimum Gasteiger partial charge on any atom is -0.399 e. The number of benzene rings is 3. The third kappa shape index (κ3) is 4.23. The number of nitrogens with two attached hydrogens (primary N) is 2. The summed E-state index contributed by atoms with van der Waals surface area (Å²) in [5.41, 5.74) is 18.7. The number of nitrogens with one attached hydrogen (secondary N) is 1. The molecular formula is C20H18N4O. The number of nitrogens with zero attached hydrogens (tertiary/aromatic N) is 1. The molecule has 0 fully saturated rings. The van der Waals surface area contributed by atoms with Gasteiger partial charge in [0.15, 0.2) is 0 Å². The molecular weight excluding hydrogens is 312 g/mol. The van der Waals surface area contributed by atoms with Crippen molar-refractivity contribution in [3.05, 3.63) is 83.9 Å². The zero-order valence-corrected chi connectivity index (χ0v) is 13.5. The zero-order valence-electron chi connectivity index (χ0n) is 13.5. The highest BCUT2D eigenvalue weighted by molar-refractivity contribution is 5.95. The van der Waals surface area contributed by atoms with Crippen molar-refractivity contribution in [2.24, 2.45) is 5.10 Å². The second kappa shape index (κ2) is 7.31. The molecule has 5 nitrogen and oxygen atoms in total. The van der Waals surface area contributed by atoms with E-state index < -0.39 is 0 Å². The number of nitrogen functional groups attached to an aromatic ring is 2. The molecule has 0 heterocycles. The van der Waals surface area contributed by atoms with Crippen LogP contribution in [0.25, 0.3) is 11.1 Å². The molecule has 0 aliphatic heterocycles. The molecule has 124 valence electrons. The Labute approximate surface area is 146 Å². The fraction of sp³-hybridized carbons (Fsp3) is 0. The number of hydrogen-bond donors (Lipinski definition) is 3. The first-order valence-electron chi connectivity index (χ1n) is 7.77. The molecule has 5 N–H and O–H groups in total. The van der Waals surface area contributed by atoms with Gasteiger partial charge in [-0.3, -0.25) is 4.79 Å². The quantitative estimate of drug-likeness (QED) is 0.389. The van der Waals surface area contributed by atoms with Crippen LogP contribution in [-0.4, -0.2) is 12.1 Å². The van der Waals surface area contributed by atoms with E-state index in [1.807, 2.05) is 48.5 Å². The molecule has 0 saturated carbocycles. The van der Waals surface area contributed by atoms with Crippen LogP contribution in [-0.2, 0) is 0 Å². The van der Waals surface area contributed by atoms with E-state index in [9.17, 15) is 4.79 Å². The Kier molecular flexibility index (Phi) is 4.76. The van der Waals surface area contributed by atoms with Gasteiger partial charge in [-0.25, -0.2) is 5.43 Å². The van der Waals surface area contributed by atoms with Crippen LogP contribution in [0.4, 0.5) is 11.4 Å². The standard InChI is InChI=1S/C20H18N4O/c21-18-5-1-3-16(11-18)15-9-7-14(8-10-15)13-23-24-20(25)17-4-2-6-19(22)12-17/h1-13H,21-22H2,(H,24,25)/b23-13+. The van der Waals surface area contributed by atoms with Crippen LogP contribution in [0, 0.1) is 0 Å². The molecule has 0 unspecified atom stereocenters. The van der Waals surface area contributed by atoms with Crippen molar-refractivity contribution in [2.45, 2.75) is 0 Å². The second-order valence-electron chi connectivity index (χ2n) is 5.57. The summed E-state index contributed by atoms with van der Waals surface area (Å²) < 4.78 is 0. The molecule has 25 heavy (non-hydrogen) atoms. The fourth-order valence-electron chi connectivity index (χ4n) is 2.39. The van der Waals surface area contributed by atoms with E-state index in [2.05, 4.69) is 10.5 Å². The monoisotopic (exact) mass is 330 g/mol. The third-order valence-corrected chi connectivity index (χ3v) is 3.66. The van der Waals surface area contributed by atoms with E-state index >= 15 is 0 Å². The van der Waals surface area contributed by atoms with E-state index in [-0.39, 0.29) is 5.91 Å². The molecule has 0 saturated heterocycles. The maximum absolute atomic E-state index is 12.0. The first-order chi connectivity index (χ1) is 12.1. The Morgan fingerprint density at radius 1 is 0.840 bits per heavy atom. The molecule has 0 atom stereocenters. The van der Waals surface area contributed by atoms with Crippen LogP contribution in [0.15, 0.2) is 77.9 Å². The largest absolute Gasteiger partial charge is 0.399 e.